The van der Waals surface area contributed by atoms with Crippen molar-refractivity contribution in [1.82, 2.24) is 0 Å². The Morgan fingerprint density at radius 3 is 1.52 bits per heavy atom. The number of hydrogen-bond donors (Lipinski definition) is 2. The van der Waals surface area contributed by atoms with E-state index in [9.17, 15) is 10.2 Å². The van der Waals surface area contributed by atoms with Gasteiger partial charge in [0.1, 0.15) is 48.8 Å². The van der Waals surface area contributed by atoms with Gasteiger partial charge in [0.25, 0.3) is 0 Å². The largest absolute Gasteiger partial charge is 0.387 e. The monoisotopic (exact) mass is 510 g/mol. The second-order valence-electron chi connectivity index (χ2n) is 8.19. The van der Waals surface area contributed by atoms with E-state index in [1.165, 1.54) is 0 Å². The van der Waals surface area contributed by atoms with Gasteiger partial charge in [-0.15, -0.1) is 0 Å². The SMILES string of the molecule is CC1(C)O[C@@H]2C(Br)=C[C@H](O[C@H]3C=C(Br)[C@H]4OC(C)(C)O[C@H]4C3O)C(O)[C@@H]2O1. The minimum Gasteiger partial charge on any atom is -0.387 e. The molecule has 2 saturated heterocycles. The van der Waals surface area contributed by atoms with Crippen LogP contribution >= 0.6 is 31.9 Å². The Hall–Kier alpha value is 0.160. The lowest BCUT2D eigenvalue weighted by Gasteiger charge is -2.38. The molecule has 8 atom stereocenters. The molecule has 0 aromatic rings. The lowest BCUT2D eigenvalue weighted by molar-refractivity contribution is -0.178. The van der Waals surface area contributed by atoms with Crippen molar-refractivity contribution in [3.05, 3.63) is 21.1 Å². The van der Waals surface area contributed by atoms with Crippen LogP contribution in [0.5, 0.6) is 0 Å². The standard InChI is InChI=1S/C18H24Br2O7/c1-17(2)24-13-7(19)5-9(11(21)15(13)26-17)23-10-6-8(20)14-16(12(10)22)27-18(3,4)25-14/h5-6,9-16,21-22H,1-4H3/t9-,10-,11?,12?,13+,14+,15-,16-/m0/s1. The maximum atomic E-state index is 10.8. The molecular formula is C18H24Br2O7. The normalized spacial score (nSPS) is 47.9. The summed E-state index contributed by atoms with van der Waals surface area (Å²) in [4.78, 5) is 0. The van der Waals surface area contributed by atoms with Crippen LogP contribution in [-0.4, -0.2) is 70.6 Å². The first-order valence-electron chi connectivity index (χ1n) is 8.95. The minimum atomic E-state index is -0.938. The molecule has 0 amide bonds. The van der Waals surface area contributed by atoms with E-state index in [0.717, 1.165) is 8.96 Å². The van der Waals surface area contributed by atoms with Gasteiger partial charge in [-0.3, -0.25) is 0 Å². The van der Waals surface area contributed by atoms with E-state index in [4.69, 9.17) is 23.7 Å². The molecule has 0 aromatic heterocycles. The molecule has 0 aromatic carbocycles. The number of rotatable bonds is 2. The third kappa shape index (κ3) is 3.71. The van der Waals surface area contributed by atoms with Crippen LogP contribution in [0.2, 0.25) is 0 Å². The van der Waals surface area contributed by atoms with Crippen molar-refractivity contribution in [1.29, 1.82) is 0 Å². The van der Waals surface area contributed by atoms with Gasteiger partial charge in [0.15, 0.2) is 11.6 Å². The molecular weight excluding hydrogens is 488 g/mol. The number of ether oxygens (including phenoxy) is 5. The summed E-state index contributed by atoms with van der Waals surface area (Å²) in [6, 6.07) is 0. The molecule has 7 nitrogen and oxygen atoms in total. The molecule has 4 aliphatic rings. The highest BCUT2D eigenvalue weighted by molar-refractivity contribution is 9.12. The first-order chi connectivity index (χ1) is 12.5. The van der Waals surface area contributed by atoms with E-state index in [0.29, 0.717) is 0 Å². The average molecular weight is 512 g/mol. The fourth-order valence-corrected chi connectivity index (χ4v) is 5.23. The number of aliphatic hydroxyl groups excluding tert-OH is 2. The van der Waals surface area contributed by atoms with Crippen molar-refractivity contribution >= 4 is 31.9 Å². The Labute approximate surface area is 174 Å². The number of halogens is 2. The Kier molecular flexibility index (Phi) is 5.19. The number of fused-ring (bicyclic) bond motifs is 2. The van der Waals surface area contributed by atoms with Gasteiger partial charge in [-0.25, -0.2) is 0 Å². The topological polar surface area (TPSA) is 86.6 Å². The summed E-state index contributed by atoms with van der Waals surface area (Å²) in [6.07, 6.45) is -1.61. The highest BCUT2D eigenvalue weighted by atomic mass is 79.9. The third-order valence-electron chi connectivity index (χ3n) is 5.11. The van der Waals surface area contributed by atoms with Crippen LogP contribution in [0, 0.1) is 0 Å². The summed E-state index contributed by atoms with van der Waals surface area (Å²) in [6.45, 7) is 7.22. The Balaban J connectivity index is 1.53. The summed E-state index contributed by atoms with van der Waals surface area (Å²) in [5.41, 5.74) is 0. The number of hydrogen-bond acceptors (Lipinski definition) is 7. The Morgan fingerprint density at radius 2 is 1.15 bits per heavy atom. The summed E-state index contributed by atoms with van der Waals surface area (Å²) < 4.78 is 30.9. The van der Waals surface area contributed by atoms with Gasteiger partial charge in [0.2, 0.25) is 0 Å². The smallest absolute Gasteiger partial charge is 0.164 e. The van der Waals surface area contributed by atoms with E-state index in [2.05, 4.69) is 31.9 Å². The van der Waals surface area contributed by atoms with Gasteiger partial charge >= 0.3 is 0 Å². The van der Waals surface area contributed by atoms with E-state index in [-0.39, 0.29) is 12.2 Å². The zero-order chi connectivity index (χ0) is 19.7. The lowest BCUT2D eigenvalue weighted by atomic mass is 9.93. The van der Waals surface area contributed by atoms with E-state index in [1.54, 1.807) is 39.8 Å². The van der Waals surface area contributed by atoms with Crippen LogP contribution in [0.15, 0.2) is 21.1 Å². The van der Waals surface area contributed by atoms with Crippen LogP contribution in [0.3, 0.4) is 0 Å². The van der Waals surface area contributed by atoms with Crippen LogP contribution < -0.4 is 0 Å². The first kappa shape index (κ1) is 20.4. The van der Waals surface area contributed by atoms with Crippen molar-refractivity contribution in [3.8, 4) is 0 Å². The molecule has 2 heterocycles. The Bertz CT molecular complexity index is 621. The third-order valence-corrected chi connectivity index (χ3v) is 6.54. The fraction of sp³-hybridized carbons (Fsp3) is 0.778. The molecule has 2 unspecified atom stereocenters. The molecule has 152 valence electrons. The predicted octanol–water partition coefficient (Wildman–Crippen LogP) is 2.09. The van der Waals surface area contributed by atoms with Crippen molar-refractivity contribution in [3.63, 3.8) is 0 Å². The van der Waals surface area contributed by atoms with Gasteiger partial charge in [-0.05, 0) is 39.8 Å². The van der Waals surface area contributed by atoms with Crippen molar-refractivity contribution in [2.75, 3.05) is 0 Å². The molecule has 2 fully saturated rings. The minimum absolute atomic E-state index is 0.384. The molecule has 0 bridgehead atoms. The lowest BCUT2D eigenvalue weighted by Crippen LogP contribution is -2.52. The maximum Gasteiger partial charge on any atom is 0.164 e. The maximum absolute atomic E-state index is 10.8. The highest BCUT2D eigenvalue weighted by Gasteiger charge is 2.54. The van der Waals surface area contributed by atoms with Crippen LogP contribution in [0.1, 0.15) is 27.7 Å². The van der Waals surface area contributed by atoms with Gasteiger partial charge in [-0.2, -0.15) is 0 Å². The molecule has 9 heteroatoms. The van der Waals surface area contributed by atoms with Crippen molar-refractivity contribution < 1.29 is 33.9 Å². The summed E-state index contributed by atoms with van der Waals surface area (Å²) >= 11 is 7.00. The average Bonchev–Trinajstić information content (AvgIpc) is 3.06. The van der Waals surface area contributed by atoms with Gasteiger partial charge in [0.05, 0.1) is 0 Å². The van der Waals surface area contributed by atoms with E-state index >= 15 is 0 Å². The Morgan fingerprint density at radius 1 is 0.778 bits per heavy atom. The first-order valence-corrected chi connectivity index (χ1v) is 10.5. The predicted molar refractivity (Wildman–Crippen MR) is 102 cm³/mol. The van der Waals surface area contributed by atoms with Crippen molar-refractivity contribution in [2.24, 2.45) is 0 Å². The second-order valence-corrected chi connectivity index (χ2v) is 10.0. The molecule has 27 heavy (non-hydrogen) atoms. The zero-order valence-corrected chi connectivity index (χ0v) is 18.6. The quantitative estimate of drug-likeness (QED) is 0.587. The van der Waals surface area contributed by atoms with E-state index < -0.39 is 48.2 Å². The molecule has 2 aliphatic heterocycles. The van der Waals surface area contributed by atoms with Crippen molar-refractivity contribution in [2.45, 2.75) is 88.1 Å². The molecule has 2 aliphatic carbocycles. The summed E-state index contributed by atoms with van der Waals surface area (Å²) in [5, 5.41) is 21.6. The fourth-order valence-electron chi connectivity index (χ4n) is 4.00. The second kappa shape index (κ2) is 6.85. The molecule has 2 N–H and O–H groups in total. The summed E-state index contributed by atoms with van der Waals surface area (Å²) in [5.74, 6) is -1.58. The molecule has 0 radical (unpaired) electrons. The highest BCUT2D eigenvalue weighted by Crippen LogP contribution is 2.43. The van der Waals surface area contributed by atoms with E-state index in [1.807, 2.05) is 0 Å². The molecule has 0 spiro atoms. The number of aliphatic hydroxyl groups is 2. The molecule has 0 saturated carbocycles. The molecule has 4 rings (SSSR count). The van der Waals surface area contributed by atoms with Crippen LogP contribution in [0.25, 0.3) is 0 Å². The zero-order valence-electron chi connectivity index (χ0n) is 15.5. The van der Waals surface area contributed by atoms with Gasteiger partial charge < -0.3 is 33.9 Å². The van der Waals surface area contributed by atoms with Crippen LogP contribution in [-0.2, 0) is 23.7 Å². The van der Waals surface area contributed by atoms with Gasteiger partial charge in [0, 0.05) is 8.96 Å². The van der Waals surface area contributed by atoms with Crippen LogP contribution in [0.4, 0.5) is 0 Å². The summed E-state index contributed by atoms with van der Waals surface area (Å²) in [7, 11) is 0. The van der Waals surface area contributed by atoms with Gasteiger partial charge in [-0.1, -0.05) is 31.9 Å².